The van der Waals surface area contributed by atoms with E-state index in [0.29, 0.717) is 23.2 Å². The zero-order chi connectivity index (χ0) is 19.7. The van der Waals surface area contributed by atoms with E-state index in [2.05, 4.69) is 19.6 Å². The lowest BCUT2D eigenvalue weighted by atomic mass is 9.93. The zero-order valence-electron chi connectivity index (χ0n) is 14.8. The topological polar surface area (TPSA) is 89.1 Å². The van der Waals surface area contributed by atoms with Gasteiger partial charge in [0, 0.05) is 18.2 Å². The maximum Gasteiger partial charge on any atom is 0.315 e. The van der Waals surface area contributed by atoms with Gasteiger partial charge in [0.25, 0.3) is 5.89 Å². The van der Waals surface area contributed by atoms with Gasteiger partial charge in [-0.05, 0) is 53.6 Å². The molecule has 2 aromatic heterocycles. The molecule has 0 radical (unpaired) electrons. The van der Waals surface area contributed by atoms with Gasteiger partial charge in [-0.15, -0.1) is 0 Å². The molecule has 0 unspecified atom stereocenters. The molecule has 6 nitrogen and oxygen atoms in total. The monoisotopic (exact) mass is 385 g/mol. The number of halogens is 2. The smallest absolute Gasteiger partial charge is 0.315 e. The summed E-state index contributed by atoms with van der Waals surface area (Å²) >= 11 is 0. The van der Waals surface area contributed by atoms with Gasteiger partial charge in [0.1, 0.15) is 5.69 Å². The van der Waals surface area contributed by atoms with Crippen molar-refractivity contribution in [3.8, 4) is 11.4 Å². The van der Waals surface area contributed by atoms with Crippen LogP contribution in [0.2, 0.25) is 0 Å². The van der Waals surface area contributed by atoms with E-state index in [1.54, 1.807) is 18.2 Å². The molecule has 1 aliphatic rings. The molecule has 0 saturated carbocycles. The fourth-order valence-corrected chi connectivity index (χ4v) is 3.55. The number of aliphatic hydroxyl groups is 1. The van der Waals surface area contributed by atoms with Gasteiger partial charge in [-0.25, -0.2) is 0 Å². The van der Waals surface area contributed by atoms with Crippen molar-refractivity contribution < 1.29 is 23.2 Å². The van der Waals surface area contributed by atoms with Crippen LogP contribution in [0.1, 0.15) is 58.3 Å². The summed E-state index contributed by atoms with van der Waals surface area (Å²) in [5, 5.41) is 12.8. The van der Waals surface area contributed by atoms with Crippen molar-refractivity contribution in [3.63, 3.8) is 0 Å². The molecule has 0 saturated heterocycles. The minimum Gasteiger partial charge on any atom is -0.392 e. The lowest BCUT2D eigenvalue weighted by molar-refractivity contribution is 0.0968. The number of pyridine rings is 1. The number of fused-ring (bicyclic) bond motifs is 1. The van der Waals surface area contributed by atoms with E-state index < -0.39 is 12.3 Å². The van der Waals surface area contributed by atoms with Gasteiger partial charge in [0.15, 0.2) is 5.78 Å². The highest BCUT2D eigenvalue weighted by Crippen LogP contribution is 2.38. The molecule has 0 bridgehead atoms. The van der Waals surface area contributed by atoms with Crippen LogP contribution >= 0.6 is 0 Å². The molecule has 0 fully saturated rings. The van der Waals surface area contributed by atoms with E-state index in [-0.39, 0.29) is 24.1 Å². The second-order valence-corrected chi connectivity index (χ2v) is 6.74. The largest absolute Gasteiger partial charge is 0.392 e. The number of ketones is 1. The highest BCUT2D eigenvalue weighted by molar-refractivity contribution is 5.95. The van der Waals surface area contributed by atoms with Crippen LogP contribution in [0.15, 0.2) is 41.1 Å². The van der Waals surface area contributed by atoms with Gasteiger partial charge in [-0.2, -0.15) is 13.8 Å². The third-order valence-corrected chi connectivity index (χ3v) is 4.96. The number of aromatic nitrogens is 3. The Kier molecular flexibility index (Phi) is 4.95. The molecule has 1 aliphatic carbocycles. The summed E-state index contributed by atoms with van der Waals surface area (Å²) in [6.45, 7) is -0.138. The predicted molar refractivity (Wildman–Crippen MR) is 94.9 cm³/mol. The summed E-state index contributed by atoms with van der Waals surface area (Å²) in [5.41, 5.74) is 3.73. The summed E-state index contributed by atoms with van der Waals surface area (Å²) in [6.07, 6.45) is 0.644. The van der Waals surface area contributed by atoms with E-state index in [4.69, 9.17) is 0 Å². The Morgan fingerprint density at radius 3 is 2.89 bits per heavy atom. The van der Waals surface area contributed by atoms with Crippen molar-refractivity contribution in [3.05, 3.63) is 64.8 Å². The van der Waals surface area contributed by atoms with E-state index in [9.17, 15) is 18.7 Å². The maximum absolute atomic E-state index is 12.6. The molecule has 1 N–H and O–H groups in total. The molecule has 144 valence electrons. The molecule has 4 rings (SSSR count). The molecule has 28 heavy (non-hydrogen) atoms. The molecule has 0 spiro atoms. The summed E-state index contributed by atoms with van der Waals surface area (Å²) < 4.78 is 29.8. The second-order valence-electron chi connectivity index (χ2n) is 6.74. The highest BCUT2D eigenvalue weighted by Gasteiger charge is 2.27. The first-order valence-corrected chi connectivity index (χ1v) is 8.89. The number of aryl methyl sites for hydroxylation is 1. The van der Waals surface area contributed by atoms with Crippen LogP contribution in [0.3, 0.4) is 0 Å². The molecule has 0 amide bonds. The maximum atomic E-state index is 12.6. The fraction of sp³-hybridized carbons (Fsp3) is 0.300. The predicted octanol–water partition coefficient (Wildman–Crippen LogP) is 3.86. The van der Waals surface area contributed by atoms with Crippen LogP contribution in [0.4, 0.5) is 8.78 Å². The Bertz CT molecular complexity index is 1020. The summed E-state index contributed by atoms with van der Waals surface area (Å²) in [7, 11) is 0. The summed E-state index contributed by atoms with van der Waals surface area (Å²) in [5.74, 6) is -0.575. The first kappa shape index (κ1) is 18.4. The number of hydrogen-bond acceptors (Lipinski definition) is 6. The van der Waals surface area contributed by atoms with Crippen LogP contribution in [0, 0.1) is 0 Å². The lowest BCUT2D eigenvalue weighted by Gasteiger charge is -2.11. The minimum atomic E-state index is -2.80. The Labute approximate surface area is 159 Å². The normalized spacial score (nSPS) is 15.8. The number of carbonyl (C=O) groups is 1. The number of hydrogen-bond donors (Lipinski definition) is 1. The van der Waals surface area contributed by atoms with E-state index in [1.165, 1.54) is 6.20 Å². The van der Waals surface area contributed by atoms with Crippen molar-refractivity contribution in [1.82, 2.24) is 15.1 Å². The molecule has 0 aliphatic heterocycles. The standard InChI is InChI=1S/C20H17F2N3O3/c21-18(22)20-24-19(25-28-20)14-3-4-15-12(8-14)1-2-13(15)9-17(27)16-7-11(10-26)5-6-23-16/h3-8,13,18,26H,1-2,9-10H2/t13-/m0/s1. The van der Waals surface area contributed by atoms with Crippen LogP contribution in [-0.2, 0) is 13.0 Å². The van der Waals surface area contributed by atoms with Crippen molar-refractivity contribution in [2.75, 3.05) is 0 Å². The van der Waals surface area contributed by atoms with Crippen molar-refractivity contribution in [2.45, 2.75) is 38.2 Å². The van der Waals surface area contributed by atoms with Crippen LogP contribution < -0.4 is 0 Å². The van der Waals surface area contributed by atoms with Crippen molar-refractivity contribution >= 4 is 5.78 Å². The summed E-state index contributed by atoms with van der Waals surface area (Å²) in [6, 6.07) is 8.79. The van der Waals surface area contributed by atoms with E-state index in [0.717, 1.165) is 24.0 Å². The number of carbonyl (C=O) groups excluding carboxylic acids is 1. The number of nitrogens with zero attached hydrogens (tertiary/aromatic N) is 3. The zero-order valence-corrected chi connectivity index (χ0v) is 14.8. The first-order chi connectivity index (χ1) is 13.5. The number of benzene rings is 1. The average Bonchev–Trinajstić information content (AvgIpc) is 3.35. The van der Waals surface area contributed by atoms with Gasteiger partial charge < -0.3 is 9.63 Å². The average molecular weight is 385 g/mol. The SMILES string of the molecule is O=C(C[C@@H]1CCc2cc(-c3noc(C(F)F)n3)ccc21)c1cc(CO)ccn1. The van der Waals surface area contributed by atoms with E-state index >= 15 is 0 Å². The lowest BCUT2D eigenvalue weighted by Crippen LogP contribution is -2.08. The Balaban J connectivity index is 1.52. The molecular formula is C20H17F2N3O3. The number of rotatable bonds is 6. The van der Waals surface area contributed by atoms with Crippen LogP contribution in [0.25, 0.3) is 11.4 Å². The fourth-order valence-electron chi connectivity index (χ4n) is 3.55. The Morgan fingerprint density at radius 2 is 2.14 bits per heavy atom. The Morgan fingerprint density at radius 1 is 1.29 bits per heavy atom. The van der Waals surface area contributed by atoms with Gasteiger partial charge in [0.2, 0.25) is 5.82 Å². The summed E-state index contributed by atoms with van der Waals surface area (Å²) in [4.78, 5) is 20.4. The van der Waals surface area contributed by atoms with Gasteiger partial charge in [-0.3, -0.25) is 9.78 Å². The molecule has 2 heterocycles. The van der Waals surface area contributed by atoms with Crippen LogP contribution in [-0.4, -0.2) is 26.0 Å². The first-order valence-electron chi connectivity index (χ1n) is 8.89. The molecule has 1 aromatic carbocycles. The van der Waals surface area contributed by atoms with Crippen molar-refractivity contribution in [2.24, 2.45) is 0 Å². The number of alkyl halides is 2. The minimum absolute atomic E-state index is 0.0676. The molecule has 1 atom stereocenters. The van der Waals surface area contributed by atoms with Crippen LogP contribution in [0.5, 0.6) is 0 Å². The molecule has 3 aromatic rings. The number of Topliss-reactive ketones (excluding diaryl/α,β-unsaturated/α-hetero) is 1. The van der Waals surface area contributed by atoms with Gasteiger partial charge in [-0.1, -0.05) is 17.3 Å². The molecule has 8 heteroatoms. The number of aliphatic hydroxyl groups excluding tert-OH is 1. The van der Waals surface area contributed by atoms with Crippen molar-refractivity contribution in [1.29, 1.82) is 0 Å². The third-order valence-electron chi connectivity index (χ3n) is 4.96. The van der Waals surface area contributed by atoms with Gasteiger partial charge >= 0.3 is 6.43 Å². The Hall–Kier alpha value is -3.00. The van der Waals surface area contributed by atoms with E-state index in [1.807, 2.05) is 12.1 Å². The van der Waals surface area contributed by atoms with Gasteiger partial charge in [0.05, 0.1) is 6.61 Å². The quantitative estimate of drug-likeness (QED) is 0.648. The molecular weight excluding hydrogens is 368 g/mol. The highest BCUT2D eigenvalue weighted by atomic mass is 19.3. The third kappa shape index (κ3) is 3.55. The second kappa shape index (κ2) is 7.55.